The Hall–Kier alpha value is -1.29. The highest BCUT2D eigenvalue weighted by Crippen LogP contribution is 2.06. The molecule has 0 fully saturated rings. The van der Waals surface area contributed by atoms with E-state index in [0.717, 1.165) is 15.7 Å². The Labute approximate surface area is 133 Å². The van der Waals surface area contributed by atoms with Crippen LogP contribution in [0.25, 0.3) is 0 Å². The highest BCUT2D eigenvalue weighted by atomic mass is 127. The lowest BCUT2D eigenvalue weighted by atomic mass is 10.2. The second-order valence-corrected chi connectivity index (χ2v) is 6.44. The first-order chi connectivity index (χ1) is 9.37. The number of unbranched alkanes of at least 4 members (excludes halogenated alkanes) is 1. The molecule has 0 aliphatic carbocycles. The fourth-order valence-electron chi connectivity index (χ4n) is 1.31. The molecule has 4 nitrogen and oxygen atoms in total. The molecule has 1 aromatic heterocycles. The number of carbonyl (C=O) groups is 1. The van der Waals surface area contributed by atoms with Gasteiger partial charge in [-0.15, -0.1) is 0 Å². The molecule has 0 saturated heterocycles. The molecule has 0 unspecified atom stereocenters. The minimum absolute atomic E-state index is 0.385. The third-order valence-corrected chi connectivity index (χ3v) is 2.76. The molecule has 20 heavy (non-hydrogen) atoms. The van der Waals surface area contributed by atoms with Gasteiger partial charge in [-0.05, 0) is 67.8 Å². The van der Waals surface area contributed by atoms with Crippen molar-refractivity contribution in [2.45, 2.75) is 39.2 Å². The van der Waals surface area contributed by atoms with Crippen molar-refractivity contribution in [1.82, 2.24) is 10.3 Å². The highest BCUT2D eigenvalue weighted by Gasteiger charge is 2.15. The number of nitrogens with one attached hydrogen (secondary N) is 1. The second-order valence-electron chi connectivity index (χ2n) is 5.19. The fourth-order valence-corrected chi connectivity index (χ4v) is 1.76. The summed E-state index contributed by atoms with van der Waals surface area (Å²) in [6.45, 7) is 6.08. The number of ether oxygens (including phenoxy) is 1. The summed E-state index contributed by atoms with van der Waals surface area (Å²) in [6.07, 6.45) is 2.86. The summed E-state index contributed by atoms with van der Waals surface area (Å²) in [4.78, 5) is 15.5. The van der Waals surface area contributed by atoms with Gasteiger partial charge in [0.05, 0.1) is 0 Å². The quantitative estimate of drug-likeness (QED) is 0.493. The molecule has 0 aromatic carbocycles. The zero-order chi connectivity index (χ0) is 15.0. The van der Waals surface area contributed by atoms with Gasteiger partial charge >= 0.3 is 6.09 Å². The average Bonchev–Trinajstić information content (AvgIpc) is 2.31. The number of hydrogen-bond donors (Lipinski definition) is 1. The molecule has 5 heteroatoms. The van der Waals surface area contributed by atoms with Gasteiger partial charge in [0.1, 0.15) is 11.3 Å². The van der Waals surface area contributed by atoms with Crippen LogP contribution in [0.3, 0.4) is 0 Å². The van der Waals surface area contributed by atoms with Crippen molar-refractivity contribution in [1.29, 1.82) is 0 Å². The van der Waals surface area contributed by atoms with Crippen LogP contribution in [0.5, 0.6) is 0 Å². The Kier molecular flexibility index (Phi) is 6.79. The van der Waals surface area contributed by atoms with E-state index in [9.17, 15) is 4.79 Å². The van der Waals surface area contributed by atoms with E-state index in [1.54, 1.807) is 6.20 Å². The van der Waals surface area contributed by atoms with Crippen molar-refractivity contribution in [2.75, 3.05) is 6.54 Å². The number of carbonyl (C=O) groups excluding carboxylic acids is 1. The van der Waals surface area contributed by atoms with Crippen molar-refractivity contribution in [3.05, 3.63) is 27.6 Å². The molecule has 0 aliphatic heterocycles. The SMILES string of the molecule is CC(C)(C)OC(=O)NCCCC#Cc1cc(I)ccn1. The van der Waals surface area contributed by atoms with Crippen LogP contribution >= 0.6 is 22.6 Å². The minimum atomic E-state index is -0.458. The van der Waals surface area contributed by atoms with Gasteiger partial charge in [-0.25, -0.2) is 9.78 Å². The van der Waals surface area contributed by atoms with E-state index in [0.29, 0.717) is 13.0 Å². The largest absolute Gasteiger partial charge is 0.444 e. The first-order valence-corrected chi connectivity index (χ1v) is 7.52. The van der Waals surface area contributed by atoms with Crippen molar-refractivity contribution < 1.29 is 9.53 Å². The lowest BCUT2D eigenvalue weighted by Gasteiger charge is -2.19. The zero-order valence-electron chi connectivity index (χ0n) is 12.0. The maximum Gasteiger partial charge on any atom is 0.407 e. The smallest absolute Gasteiger partial charge is 0.407 e. The van der Waals surface area contributed by atoms with Gasteiger partial charge in [0.25, 0.3) is 0 Å². The maximum absolute atomic E-state index is 11.4. The van der Waals surface area contributed by atoms with Crippen molar-refractivity contribution >= 4 is 28.7 Å². The number of halogens is 1. The van der Waals surface area contributed by atoms with Gasteiger partial charge in [-0.1, -0.05) is 5.92 Å². The Morgan fingerprint density at radius 3 is 2.90 bits per heavy atom. The van der Waals surface area contributed by atoms with Crippen LogP contribution in [0, 0.1) is 15.4 Å². The van der Waals surface area contributed by atoms with Crippen LogP contribution in [-0.4, -0.2) is 23.2 Å². The van der Waals surface area contributed by atoms with E-state index in [1.807, 2.05) is 32.9 Å². The predicted molar refractivity (Wildman–Crippen MR) is 87.3 cm³/mol. The normalized spacial score (nSPS) is 10.4. The molecule has 0 atom stereocenters. The lowest BCUT2D eigenvalue weighted by molar-refractivity contribution is 0.0527. The van der Waals surface area contributed by atoms with Gasteiger partial charge in [0, 0.05) is 22.7 Å². The molecule has 108 valence electrons. The fraction of sp³-hybridized carbons (Fsp3) is 0.467. The standard InChI is InChI=1S/C15H19IN2O2/c1-15(2,3)20-14(19)18-9-6-4-5-7-13-11-12(16)8-10-17-13/h8,10-11H,4,6,9H2,1-3H3,(H,18,19). The van der Waals surface area contributed by atoms with Gasteiger partial charge in [-0.2, -0.15) is 0 Å². The maximum atomic E-state index is 11.4. The third kappa shape index (κ3) is 8.00. The molecular weight excluding hydrogens is 367 g/mol. The molecule has 1 rings (SSSR count). The number of hydrogen-bond acceptors (Lipinski definition) is 3. The molecular formula is C15H19IN2O2. The predicted octanol–water partition coefficient (Wildman–Crippen LogP) is 3.34. The summed E-state index contributed by atoms with van der Waals surface area (Å²) in [5.74, 6) is 6.04. The lowest BCUT2D eigenvalue weighted by Crippen LogP contribution is -2.32. The molecule has 1 amide bonds. The van der Waals surface area contributed by atoms with E-state index in [2.05, 4.69) is 44.7 Å². The minimum Gasteiger partial charge on any atom is -0.444 e. The zero-order valence-corrected chi connectivity index (χ0v) is 14.2. The van der Waals surface area contributed by atoms with Crippen molar-refractivity contribution in [3.63, 3.8) is 0 Å². The summed E-state index contributed by atoms with van der Waals surface area (Å²) >= 11 is 2.23. The topological polar surface area (TPSA) is 51.2 Å². The number of aromatic nitrogens is 1. The summed E-state index contributed by atoms with van der Waals surface area (Å²) in [5, 5.41) is 2.70. The number of alkyl carbamates (subject to hydrolysis) is 1. The molecule has 1 N–H and O–H groups in total. The van der Waals surface area contributed by atoms with Gasteiger partial charge in [-0.3, -0.25) is 0 Å². The number of amides is 1. The van der Waals surface area contributed by atoms with Crippen molar-refractivity contribution in [3.8, 4) is 11.8 Å². The Morgan fingerprint density at radius 1 is 1.50 bits per heavy atom. The third-order valence-electron chi connectivity index (χ3n) is 2.09. The van der Waals surface area contributed by atoms with Crippen LogP contribution < -0.4 is 5.32 Å². The molecule has 1 aromatic rings. The Bertz CT molecular complexity index is 513. The first kappa shape index (κ1) is 16.8. The van der Waals surface area contributed by atoms with Crippen LogP contribution in [0.1, 0.15) is 39.3 Å². The molecule has 0 radical (unpaired) electrons. The first-order valence-electron chi connectivity index (χ1n) is 6.44. The summed E-state index contributed by atoms with van der Waals surface area (Å²) in [5.41, 5.74) is 0.317. The van der Waals surface area contributed by atoms with Crippen LogP contribution in [-0.2, 0) is 4.74 Å². The monoisotopic (exact) mass is 386 g/mol. The van der Waals surface area contributed by atoms with E-state index < -0.39 is 5.60 Å². The van der Waals surface area contributed by atoms with E-state index >= 15 is 0 Å². The number of pyridine rings is 1. The van der Waals surface area contributed by atoms with Crippen LogP contribution in [0.15, 0.2) is 18.3 Å². The second kappa shape index (κ2) is 8.10. The molecule has 0 saturated carbocycles. The number of rotatable bonds is 3. The summed E-state index contributed by atoms with van der Waals surface area (Å²) in [6, 6.07) is 3.86. The van der Waals surface area contributed by atoms with E-state index in [1.165, 1.54) is 0 Å². The molecule has 0 bridgehead atoms. The van der Waals surface area contributed by atoms with Crippen molar-refractivity contribution in [2.24, 2.45) is 0 Å². The van der Waals surface area contributed by atoms with Crippen LogP contribution in [0.4, 0.5) is 4.79 Å². The van der Waals surface area contributed by atoms with Crippen LogP contribution in [0.2, 0.25) is 0 Å². The molecule has 0 aliphatic rings. The highest BCUT2D eigenvalue weighted by molar-refractivity contribution is 14.1. The Balaban J connectivity index is 2.22. The number of nitrogens with zero attached hydrogens (tertiary/aromatic N) is 1. The van der Waals surface area contributed by atoms with E-state index in [4.69, 9.17) is 4.74 Å². The van der Waals surface area contributed by atoms with Gasteiger partial charge < -0.3 is 10.1 Å². The average molecular weight is 386 g/mol. The summed E-state index contributed by atoms with van der Waals surface area (Å²) < 4.78 is 6.25. The van der Waals surface area contributed by atoms with Gasteiger partial charge in [0.2, 0.25) is 0 Å². The Morgan fingerprint density at radius 2 is 2.25 bits per heavy atom. The van der Waals surface area contributed by atoms with Gasteiger partial charge in [0.15, 0.2) is 0 Å². The molecule has 0 spiro atoms. The van der Waals surface area contributed by atoms with E-state index in [-0.39, 0.29) is 6.09 Å². The molecule has 1 heterocycles. The summed E-state index contributed by atoms with van der Waals surface area (Å²) in [7, 11) is 0.